The van der Waals surface area contributed by atoms with E-state index in [1.54, 1.807) is 24.1 Å². The van der Waals surface area contributed by atoms with Crippen molar-refractivity contribution in [3.05, 3.63) is 57.4 Å². The number of alkyl halides is 2. The van der Waals surface area contributed by atoms with Gasteiger partial charge in [-0.25, -0.2) is 8.78 Å². The maximum atomic E-state index is 14.2. The largest absolute Gasteiger partial charge is 0.481 e. The molecule has 1 saturated carbocycles. The van der Waals surface area contributed by atoms with Crippen LogP contribution < -0.4 is 0 Å². The predicted octanol–water partition coefficient (Wildman–Crippen LogP) is 4.75. The Morgan fingerprint density at radius 2 is 1.88 bits per heavy atom. The molecule has 41 heavy (non-hydrogen) atoms. The smallest absolute Gasteiger partial charge is 0.306 e. The van der Waals surface area contributed by atoms with Crippen LogP contribution in [0.1, 0.15) is 71.4 Å². The number of allylic oxidation sites excluding steroid dienone is 2. The van der Waals surface area contributed by atoms with Gasteiger partial charge in [-0.05, 0) is 62.1 Å². The first-order valence-corrected chi connectivity index (χ1v) is 14.5. The maximum absolute atomic E-state index is 14.2. The third-order valence-electron chi connectivity index (χ3n) is 9.34. The minimum absolute atomic E-state index is 0.0000489. The number of amides is 1. The van der Waals surface area contributed by atoms with E-state index in [0.717, 1.165) is 11.1 Å². The molecule has 6 rings (SSSR count). The lowest BCUT2D eigenvalue weighted by atomic mass is 9.82. The Morgan fingerprint density at radius 1 is 1.15 bits per heavy atom. The fraction of sp³-hybridized carbons (Fsp3) is 0.533. The summed E-state index contributed by atoms with van der Waals surface area (Å²) in [6.45, 7) is 1.05. The second-order valence-corrected chi connectivity index (χ2v) is 12.1. The van der Waals surface area contributed by atoms with Crippen LogP contribution in [0.2, 0.25) is 5.02 Å². The first-order valence-electron chi connectivity index (χ1n) is 14.1. The van der Waals surface area contributed by atoms with Gasteiger partial charge in [-0.2, -0.15) is 9.78 Å². The lowest BCUT2D eigenvalue weighted by molar-refractivity contribution is -0.147. The highest BCUT2D eigenvalue weighted by Crippen LogP contribution is 2.54. The second kappa shape index (κ2) is 10.6. The van der Waals surface area contributed by atoms with Crippen LogP contribution in [0, 0.1) is 11.8 Å². The Morgan fingerprint density at radius 3 is 2.49 bits per heavy atom. The van der Waals surface area contributed by atoms with E-state index in [-0.39, 0.29) is 53.3 Å². The average Bonchev–Trinajstić information content (AvgIpc) is 3.67. The first kappa shape index (κ1) is 28.0. The lowest BCUT2D eigenvalue weighted by Crippen LogP contribution is -2.56. The molecule has 0 spiro atoms. The lowest BCUT2D eigenvalue weighted by Gasteiger charge is -2.40. The molecule has 1 aromatic heterocycles. The number of likely N-dealkylation sites (tertiary alicyclic amines) is 1. The van der Waals surface area contributed by atoms with E-state index in [2.05, 4.69) is 0 Å². The van der Waals surface area contributed by atoms with Gasteiger partial charge in [0, 0.05) is 38.1 Å². The predicted molar refractivity (Wildman–Crippen MR) is 146 cm³/mol. The maximum Gasteiger partial charge on any atom is 0.306 e. The summed E-state index contributed by atoms with van der Waals surface area (Å²) in [6, 6.07) is 4.66. The average molecular weight is 588 g/mol. The Labute approximate surface area is 241 Å². The first-order chi connectivity index (χ1) is 19.6. The molecule has 1 aliphatic heterocycles. The van der Waals surface area contributed by atoms with Crippen molar-refractivity contribution in [1.82, 2.24) is 14.7 Å². The van der Waals surface area contributed by atoms with E-state index in [0.29, 0.717) is 56.6 Å². The molecule has 2 fully saturated rings. The van der Waals surface area contributed by atoms with Crippen molar-refractivity contribution in [3.8, 4) is 0 Å². The van der Waals surface area contributed by atoms with Crippen LogP contribution in [0.25, 0.3) is 5.57 Å². The van der Waals surface area contributed by atoms with E-state index in [1.807, 2.05) is 6.08 Å². The van der Waals surface area contributed by atoms with E-state index >= 15 is 0 Å². The molecular weight excluding hydrogens is 556 g/mol. The molecule has 11 heteroatoms. The number of benzene rings is 1. The highest BCUT2D eigenvalue weighted by Gasteiger charge is 2.54. The normalized spacial score (nSPS) is 23.5. The number of hydrogen-bond acceptors (Lipinski definition) is 5. The van der Waals surface area contributed by atoms with Crippen LogP contribution in [-0.4, -0.2) is 70.3 Å². The molecule has 218 valence electrons. The number of methoxy groups -OCH3 is 1. The fourth-order valence-electron chi connectivity index (χ4n) is 6.55. The topological polar surface area (TPSA) is 102 Å². The molecule has 2 aromatic rings. The SMILES string of the molecule is COC1CN(C(=O)C2CCc3c(C4=CCC(C(=O)O)CC4)nn(C(=O)c4c(Cl)cccc4C4(C(F)F)CC4)c3C2)C1. The molecule has 2 atom stereocenters. The number of carboxylic acids is 1. The number of carboxylic acid groups (broad SMARTS) is 1. The van der Waals surface area contributed by atoms with Crippen LogP contribution in [0.15, 0.2) is 24.3 Å². The number of aromatic nitrogens is 2. The van der Waals surface area contributed by atoms with Crippen molar-refractivity contribution in [2.24, 2.45) is 11.8 Å². The van der Waals surface area contributed by atoms with E-state index in [1.165, 1.54) is 10.7 Å². The van der Waals surface area contributed by atoms with Gasteiger partial charge in [0.15, 0.2) is 0 Å². The Balaban J connectivity index is 1.40. The summed E-state index contributed by atoms with van der Waals surface area (Å²) in [5.41, 5.74) is 1.77. The minimum atomic E-state index is -2.64. The number of hydrogen-bond donors (Lipinski definition) is 1. The number of aliphatic carboxylic acids is 1. The molecule has 1 saturated heterocycles. The fourth-order valence-corrected chi connectivity index (χ4v) is 6.80. The van der Waals surface area contributed by atoms with Gasteiger partial charge in [0.05, 0.1) is 39.4 Å². The van der Waals surface area contributed by atoms with Crippen LogP contribution >= 0.6 is 11.6 Å². The summed E-state index contributed by atoms with van der Waals surface area (Å²) in [6.07, 6.45) is 2.49. The third kappa shape index (κ3) is 4.78. The van der Waals surface area contributed by atoms with Crippen molar-refractivity contribution in [3.63, 3.8) is 0 Å². The molecule has 1 aromatic carbocycles. The van der Waals surface area contributed by atoms with E-state index < -0.39 is 29.6 Å². The van der Waals surface area contributed by atoms with Crippen LogP contribution in [0.3, 0.4) is 0 Å². The summed E-state index contributed by atoms with van der Waals surface area (Å²) in [5, 5.41) is 14.3. The van der Waals surface area contributed by atoms with Crippen LogP contribution in [0.4, 0.5) is 8.78 Å². The molecule has 2 unspecified atom stereocenters. The quantitative estimate of drug-likeness (QED) is 0.502. The zero-order chi connectivity index (χ0) is 29.1. The van der Waals surface area contributed by atoms with Gasteiger partial charge in [-0.3, -0.25) is 14.4 Å². The number of carbonyl (C=O) groups excluding carboxylic acids is 2. The Kier molecular flexibility index (Phi) is 7.26. The summed E-state index contributed by atoms with van der Waals surface area (Å²) in [7, 11) is 1.62. The highest BCUT2D eigenvalue weighted by atomic mass is 35.5. The van der Waals surface area contributed by atoms with Crippen molar-refractivity contribution in [1.29, 1.82) is 0 Å². The number of halogens is 3. The molecular formula is C30H32ClF2N3O5. The summed E-state index contributed by atoms with van der Waals surface area (Å²) < 4.78 is 34.9. The number of nitrogens with zero attached hydrogens (tertiary/aromatic N) is 3. The van der Waals surface area contributed by atoms with Gasteiger partial charge < -0.3 is 14.7 Å². The number of rotatable bonds is 7. The van der Waals surface area contributed by atoms with Crippen LogP contribution in [0.5, 0.6) is 0 Å². The van der Waals surface area contributed by atoms with Crippen LogP contribution in [-0.2, 0) is 32.6 Å². The number of carbonyl (C=O) groups is 3. The molecule has 4 aliphatic rings. The Hall–Kier alpha value is -3.11. The van der Waals surface area contributed by atoms with Gasteiger partial charge >= 0.3 is 5.97 Å². The van der Waals surface area contributed by atoms with Gasteiger partial charge in [-0.1, -0.05) is 29.8 Å². The standard InChI is InChI=1S/C30H32ClF2N3O5/c1-41-19-14-35(15-19)26(37)18-9-10-20-23(13-18)36(34-25(20)16-5-7-17(8-6-16)28(39)40)27(38)24-21(3-2-4-22(24)31)30(11-12-30)29(32)33/h2-5,17-19,29H,6-15H2,1H3,(H,39,40). The summed E-state index contributed by atoms with van der Waals surface area (Å²) >= 11 is 6.53. The van der Waals surface area contributed by atoms with Crippen molar-refractivity contribution in [2.45, 2.75) is 69.3 Å². The molecule has 1 N–H and O–H groups in total. The van der Waals surface area contributed by atoms with Gasteiger partial charge in [0.25, 0.3) is 5.91 Å². The molecule has 0 bridgehead atoms. The van der Waals surface area contributed by atoms with Crippen molar-refractivity contribution < 1.29 is 33.0 Å². The molecule has 1 amide bonds. The monoisotopic (exact) mass is 587 g/mol. The van der Waals surface area contributed by atoms with Gasteiger partial charge in [0.2, 0.25) is 12.3 Å². The van der Waals surface area contributed by atoms with Crippen molar-refractivity contribution >= 4 is 35.0 Å². The summed E-state index contributed by atoms with van der Waals surface area (Å²) in [4.78, 5) is 40.8. The molecule has 8 nitrogen and oxygen atoms in total. The molecule has 0 radical (unpaired) electrons. The second-order valence-electron chi connectivity index (χ2n) is 11.7. The number of fused-ring (bicyclic) bond motifs is 1. The van der Waals surface area contributed by atoms with Gasteiger partial charge in [-0.15, -0.1) is 0 Å². The zero-order valence-corrected chi connectivity index (χ0v) is 23.5. The van der Waals surface area contributed by atoms with E-state index in [9.17, 15) is 28.3 Å². The number of ether oxygens (including phenoxy) is 1. The summed E-state index contributed by atoms with van der Waals surface area (Å²) in [5.74, 6) is -2.25. The minimum Gasteiger partial charge on any atom is -0.481 e. The van der Waals surface area contributed by atoms with E-state index in [4.69, 9.17) is 21.4 Å². The highest BCUT2D eigenvalue weighted by molar-refractivity contribution is 6.34. The molecule has 3 aliphatic carbocycles. The van der Waals surface area contributed by atoms with Gasteiger partial charge in [0.1, 0.15) is 0 Å². The molecule has 2 heterocycles. The zero-order valence-electron chi connectivity index (χ0n) is 22.7. The Bertz CT molecular complexity index is 1440. The third-order valence-corrected chi connectivity index (χ3v) is 9.66. The van der Waals surface area contributed by atoms with Crippen molar-refractivity contribution in [2.75, 3.05) is 20.2 Å².